The summed E-state index contributed by atoms with van der Waals surface area (Å²) in [6.45, 7) is 8.96. The molecule has 1 amide bonds. The summed E-state index contributed by atoms with van der Waals surface area (Å²) >= 11 is 0. The molecular weight excluding hydrogens is 332 g/mol. The maximum Gasteiger partial charge on any atom is 0.410 e. The summed E-state index contributed by atoms with van der Waals surface area (Å²) in [6, 6.07) is 5.76. The van der Waals surface area contributed by atoms with Gasteiger partial charge in [0.1, 0.15) is 5.60 Å². The van der Waals surface area contributed by atoms with Crippen LogP contribution in [0.4, 0.5) is 10.6 Å². The van der Waals surface area contributed by atoms with Gasteiger partial charge >= 0.3 is 6.09 Å². The van der Waals surface area contributed by atoms with Crippen LogP contribution in [-0.2, 0) is 4.74 Å². The summed E-state index contributed by atoms with van der Waals surface area (Å²) in [7, 11) is 0. The van der Waals surface area contributed by atoms with Crippen molar-refractivity contribution in [2.45, 2.75) is 26.4 Å². The fourth-order valence-electron chi connectivity index (χ4n) is 3.67. The molecule has 2 aromatic heterocycles. The van der Waals surface area contributed by atoms with Crippen molar-refractivity contribution in [3.05, 3.63) is 30.6 Å². The van der Waals surface area contributed by atoms with Gasteiger partial charge < -0.3 is 14.5 Å². The first-order valence-corrected chi connectivity index (χ1v) is 8.96. The van der Waals surface area contributed by atoms with Crippen LogP contribution in [0, 0.1) is 11.8 Å². The number of aromatic nitrogens is 4. The molecule has 0 bridgehead atoms. The number of nitrogens with zero attached hydrogens (tertiary/aromatic N) is 6. The summed E-state index contributed by atoms with van der Waals surface area (Å²) in [5.41, 5.74) is -0.452. The molecule has 8 nitrogen and oxygen atoms in total. The third kappa shape index (κ3) is 3.36. The molecule has 0 N–H and O–H groups in total. The molecule has 138 valence electrons. The second-order valence-corrected chi connectivity index (χ2v) is 8.01. The quantitative estimate of drug-likeness (QED) is 0.819. The maximum atomic E-state index is 12.3. The van der Waals surface area contributed by atoms with Crippen LogP contribution in [0.15, 0.2) is 30.6 Å². The minimum Gasteiger partial charge on any atom is -0.444 e. The Bertz CT molecular complexity index is 754. The Morgan fingerprint density at radius 3 is 2.27 bits per heavy atom. The highest BCUT2D eigenvalue weighted by Crippen LogP contribution is 2.33. The molecule has 26 heavy (non-hydrogen) atoms. The van der Waals surface area contributed by atoms with Gasteiger partial charge in [-0.25, -0.2) is 9.48 Å². The van der Waals surface area contributed by atoms with Crippen LogP contribution in [0.25, 0.3) is 5.82 Å². The van der Waals surface area contributed by atoms with Gasteiger partial charge in [-0.05, 0) is 39.0 Å². The number of amides is 1. The van der Waals surface area contributed by atoms with Crippen LogP contribution in [0.5, 0.6) is 0 Å². The van der Waals surface area contributed by atoms with Crippen molar-refractivity contribution in [1.29, 1.82) is 0 Å². The van der Waals surface area contributed by atoms with E-state index in [1.807, 2.05) is 50.1 Å². The first-order valence-electron chi connectivity index (χ1n) is 8.96. The van der Waals surface area contributed by atoms with Crippen molar-refractivity contribution < 1.29 is 9.53 Å². The highest BCUT2D eigenvalue weighted by Gasteiger charge is 2.43. The Hall–Kier alpha value is -2.64. The average molecular weight is 356 g/mol. The maximum absolute atomic E-state index is 12.3. The largest absolute Gasteiger partial charge is 0.444 e. The van der Waals surface area contributed by atoms with Gasteiger partial charge in [-0.1, -0.05) is 0 Å². The molecule has 0 aliphatic carbocycles. The van der Waals surface area contributed by atoms with E-state index in [0.29, 0.717) is 17.7 Å². The number of hydrogen-bond acceptors (Lipinski definition) is 6. The van der Waals surface area contributed by atoms with Gasteiger partial charge in [0.15, 0.2) is 11.6 Å². The van der Waals surface area contributed by atoms with Crippen molar-refractivity contribution >= 4 is 11.9 Å². The van der Waals surface area contributed by atoms with Gasteiger partial charge in [-0.15, -0.1) is 10.2 Å². The monoisotopic (exact) mass is 356 g/mol. The minimum atomic E-state index is -0.452. The van der Waals surface area contributed by atoms with Crippen molar-refractivity contribution in [3.63, 3.8) is 0 Å². The van der Waals surface area contributed by atoms with Gasteiger partial charge in [0.2, 0.25) is 0 Å². The number of ether oxygens (including phenoxy) is 1. The Kier molecular flexibility index (Phi) is 4.05. The number of fused-ring (bicyclic) bond motifs is 1. The molecule has 2 aromatic rings. The molecule has 0 spiro atoms. The normalized spacial score (nSPS) is 22.6. The predicted octanol–water partition coefficient (Wildman–Crippen LogP) is 1.97. The summed E-state index contributed by atoms with van der Waals surface area (Å²) in [5.74, 6) is 2.48. The minimum absolute atomic E-state index is 0.207. The lowest BCUT2D eigenvalue weighted by Crippen LogP contribution is -2.37. The van der Waals surface area contributed by atoms with E-state index in [1.54, 1.807) is 10.9 Å². The molecule has 2 aliphatic rings. The first-order chi connectivity index (χ1) is 12.4. The topological polar surface area (TPSA) is 76.4 Å². The molecule has 0 radical (unpaired) electrons. The predicted molar refractivity (Wildman–Crippen MR) is 96.2 cm³/mol. The summed E-state index contributed by atoms with van der Waals surface area (Å²) in [6.07, 6.45) is 3.35. The van der Waals surface area contributed by atoms with E-state index < -0.39 is 5.60 Å². The second kappa shape index (κ2) is 6.26. The molecule has 0 aromatic carbocycles. The molecule has 8 heteroatoms. The summed E-state index contributed by atoms with van der Waals surface area (Å²) in [5, 5.41) is 12.8. The van der Waals surface area contributed by atoms with Crippen LogP contribution in [0.3, 0.4) is 0 Å². The van der Waals surface area contributed by atoms with Crippen molar-refractivity contribution in [2.75, 3.05) is 31.1 Å². The smallest absolute Gasteiger partial charge is 0.410 e. The standard InChI is InChI=1S/C18H24N6O2/c1-18(2,3)26-17(25)23-11-13-9-22(10-14(13)12-23)15-5-6-16(21-20-15)24-8-4-7-19-24/h4-8,13-14H,9-12H2,1-3H3/t13-,14-/m0/s1. The molecule has 2 aliphatic heterocycles. The Labute approximate surface area is 152 Å². The van der Waals surface area contributed by atoms with E-state index in [0.717, 1.165) is 32.0 Å². The zero-order valence-corrected chi connectivity index (χ0v) is 15.4. The molecule has 0 unspecified atom stereocenters. The second-order valence-electron chi connectivity index (χ2n) is 8.01. The van der Waals surface area contributed by atoms with Crippen LogP contribution >= 0.6 is 0 Å². The Balaban J connectivity index is 1.37. The summed E-state index contributed by atoms with van der Waals surface area (Å²) in [4.78, 5) is 16.3. The molecule has 4 rings (SSSR count). The molecule has 2 atom stereocenters. The first kappa shape index (κ1) is 16.8. The zero-order chi connectivity index (χ0) is 18.3. The van der Waals surface area contributed by atoms with Crippen molar-refractivity contribution in [3.8, 4) is 5.82 Å². The third-order valence-corrected chi connectivity index (χ3v) is 4.84. The highest BCUT2D eigenvalue weighted by atomic mass is 16.6. The lowest BCUT2D eigenvalue weighted by molar-refractivity contribution is 0.0282. The number of carbonyl (C=O) groups is 1. The van der Waals surface area contributed by atoms with Crippen LogP contribution in [0.2, 0.25) is 0 Å². The average Bonchev–Trinajstić information content (AvgIpc) is 3.29. The fraction of sp³-hybridized carbons (Fsp3) is 0.556. The van der Waals surface area contributed by atoms with E-state index in [9.17, 15) is 4.79 Å². The zero-order valence-electron chi connectivity index (χ0n) is 15.4. The highest BCUT2D eigenvalue weighted by molar-refractivity contribution is 5.68. The number of likely N-dealkylation sites (tertiary alicyclic amines) is 1. The van der Waals surface area contributed by atoms with E-state index >= 15 is 0 Å². The van der Waals surface area contributed by atoms with E-state index in [-0.39, 0.29) is 6.09 Å². The van der Waals surface area contributed by atoms with Crippen LogP contribution in [-0.4, -0.2) is 62.8 Å². The molecule has 2 saturated heterocycles. The van der Waals surface area contributed by atoms with Gasteiger partial charge in [-0.2, -0.15) is 5.10 Å². The van der Waals surface area contributed by atoms with E-state index in [2.05, 4.69) is 20.2 Å². The van der Waals surface area contributed by atoms with Gasteiger partial charge in [0.05, 0.1) is 0 Å². The Morgan fingerprint density at radius 2 is 1.73 bits per heavy atom. The van der Waals surface area contributed by atoms with Crippen LogP contribution in [0.1, 0.15) is 20.8 Å². The lowest BCUT2D eigenvalue weighted by atomic mass is 10.0. The summed E-state index contributed by atoms with van der Waals surface area (Å²) < 4.78 is 7.18. The van der Waals surface area contributed by atoms with Gasteiger partial charge in [0, 0.05) is 50.4 Å². The van der Waals surface area contributed by atoms with Gasteiger partial charge in [-0.3, -0.25) is 0 Å². The molecular formula is C18H24N6O2. The molecule has 4 heterocycles. The van der Waals surface area contributed by atoms with E-state index in [1.165, 1.54) is 0 Å². The fourth-order valence-corrected chi connectivity index (χ4v) is 3.67. The lowest BCUT2D eigenvalue weighted by Gasteiger charge is -2.26. The van der Waals surface area contributed by atoms with Crippen molar-refractivity contribution in [1.82, 2.24) is 24.9 Å². The molecule has 2 fully saturated rings. The van der Waals surface area contributed by atoms with Crippen LogP contribution < -0.4 is 4.90 Å². The molecule has 0 saturated carbocycles. The number of hydrogen-bond donors (Lipinski definition) is 0. The third-order valence-electron chi connectivity index (χ3n) is 4.84. The van der Waals surface area contributed by atoms with Crippen molar-refractivity contribution in [2.24, 2.45) is 11.8 Å². The number of carbonyl (C=O) groups excluding carboxylic acids is 1. The number of anilines is 1. The van der Waals surface area contributed by atoms with E-state index in [4.69, 9.17) is 4.74 Å². The van der Waals surface area contributed by atoms with Gasteiger partial charge in [0.25, 0.3) is 0 Å². The Morgan fingerprint density at radius 1 is 1.08 bits per heavy atom. The SMILES string of the molecule is CC(C)(C)OC(=O)N1C[C@@H]2CN(c3ccc(-n4cccn4)nn3)C[C@H]2C1. The number of rotatable bonds is 2.